The zero-order valence-corrected chi connectivity index (χ0v) is 11.6. The maximum atomic E-state index is 5.33. The van der Waals surface area contributed by atoms with Crippen LogP contribution in [-0.2, 0) is 4.74 Å². The molecule has 0 aliphatic carbocycles. The van der Waals surface area contributed by atoms with Gasteiger partial charge in [0.1, 0.15) is 0 Å². The third-order valence-corrected chi connectivity index (χ3v) is 4.33. The van der Waals surface area contributed by atoms with E-state index < -0.39 is 0 Å². The predicted molar refractivity (Wildman–Crippen MR) is 73.8 cm³/mol. The van der Waals surface area contributed by atoms with Gasteiger partial charge in [0.25, 0.3) is 0 Å². The molecule has 98 valence electrons. The third-order valence-electron chi connectivity index (χ3n) is 3.29. The number of nitrogens with zero attached hydrogens (tertiary/aromatic N) is 2. The second kappa shape index (κ2) is 6.61. The topological polar surface area (TPSA) is 36.9 Å². The fraction of sp³-hybridized carbons (Fsp3) is 0.917. The smallest absolute Gasteiger partial charge is 0.156 e. The van der Waals surface area contributed by atoms with Gasteiger partial charge >= 0.3 is 0 Å². The molecule has 0 aromatic carbocycles. The van der Waals surface area contributed by atoms with Crippen LogP contribution in [0.25, 0.3) is 0 Å². The van der Waals surface area contributed by atoms with Gasteiger partial charge in [0.05, 0.1) is 19.8 Å². The number of thioether (sulfide) groups is 1. The van der Waals surface area contributed by atoms with Gasteiger partial charge in [-0.15, -0.1) is 0 Å². The van der Waals surface area contributed by atoms with Gasteiger partial charge < -0.3 is 10.1 Å². The van der Waals surface area contributed by atoms with Crippen molar-refractivity contribution in [3.63, 3.8) is 0 Å². The van der Waals surface area contributed by atoms with E-state index in [-0.39, 0.29) is 0 Å². The van der Waals surface area contributed by atoms with Crippen molar-refractivity contribution in [2.45, 2.75) is 19.9 Å². The molecule has 0 saturated carbocycles. The molecule has 2 fully saturated rings. The number of hydrogen-bond acceptors (Lipinski definition) is 4. The van der Waals surface area contributed by atoms with Crippen LogP contribution in [0.2, 0.25) is 0 Å². The van der Waals surface area contributed by atoms with Gasteiger partial charge in [-0.1, -0.05) is 25.6 Å². The minimum Gasteiger partial charge on any atom is -0.379 e. The first-order valence-corrected chi connectivity index (χ1v) is 7.48. The Hall–Kier alpha value is -0.260. The molecule has 0 unspecified atom stereocenters. The van der Waals surface area contributed by atoms with Crippen LogP contribution in [0.4, 0.5) is 0 Å². The highest BCUT2D eigenvalue weighted by Crippen LogP contribution is 2.18. The summed E-state index contributed by atoms with van der Waals surface area (Å²) in [7, 11) is 0. The summed E-state index contributed by atoms with van der Waals surface area (Å²) in [5.41, 5.74) is 0. The molecule has 17 heavy (non-hydrogen) atoms. The Morgan fingerprint density at radius 2 is 2.24 bits per heavy atom. The van der Waals surface area contributed by atoms with Crippen molar-refractivity contribution in [3.05, 3.63) is 0 Å². The second-order valence-electron chi connectivity index (χ2n) is 4.95. The van der Waals surface area contributed by atoms with E-state index in [4.69, 9.17) is 4.74 Å². The normalized spacial score (nSPS) is 28.9. The van der Waals surface area contributed by atoms with E-state index in [1.54, 1.807) is 0 Å². The summed E-state index contributed by atoms with van der Waals surface area (Å²) in [5, 5.41) is 4.63. The number of aliphatic imine (C=N–C) groups is 1. The number of morpholine rings is 1. The molecule has 0 radical (unpaired) electrons. The molecule has 5 heteroatoms. The average Bonchev–Trinajstić information content (AvgIpc) is 2.79. The molecule has 0 bridgehead atoms. The molecular weight excluding hydrogens is 234 g/mol. The van der Waals surface area contributed by atoms with E-state index in [9.17, 15) is 0 Å². The molecule has 0 amide bonds. The third kappa shape index (κ3) is 4.16. The Bertz CT molecular complexity index is 264. The SMILES string of the molecule is CC(C)[C@H]1CSC(=NCCN2CCOCC2)N1. The molecule has 2 saturated heterocycles. The van der Waals surface area contributed by atoms with Gasteiger partial charge in [-0.25, -0.2) is 0 Å². The maximum Gasteiger partial charge on any atom is 0.156 e. The minimum absolute atomic E-state index is 0.599. The molecular formula is C12H23N3OS. The van der Waals surface area contributed by atoms with E-state index >= 15 is 0 Å². The number of ether oxygens (including phenoxy) is 1. The van der Waals surface area contributed by atoms with Crippen molar-refractivity contribution in [1.82, 2.24) is 10.2 Å². The highest BCUT2D eigenvalue weighted by Gasteiger charge is 2.22. The quantitative estimate of drug-likeness (QED) is 0.816. The molecule has 2 rings (SSSR count). The number of amidine groups is 1. The summed E-state index contributed by atoms with van der Waals surface area (Å²) in [6.45, 7) is 10.3. The van der Waals surface area contributed by atoms with Crippen LogP contribution in [-0.4, -0.2) is 61.3 Å². The lowest BCUT2D eigenvalue weighted by molar-refractivity contribution is 0.0394. The molecule has 4 nitrogen and oxygen atoms in total. The van der Waals surface area contributed by atoms with E-state index in [0.717, 1.165) is 50.3 Å². The number of nitrogens with one attached hydrogen (secondary N) is 1. The highest BCUT2D eigenvalue weighted by molar-refractivity contribution is 8.14. The van der Waals surface area contributed by atoms with E-state index in [1.807, 2.05) is 11.8 Å². The Morgan fingerprint density at radius 3 is 2.88 bits per heavy atom. The zero-order valence-electron chi connectivity index (χ0n) is 10.8. The predicted octanol–water partition coefficient (Wildman–Crippen LogP) is 1.04. The van der Waals surface area contributed by atoms with Gasteiger partial charge in [-0.3, -0.25) is 9.89 Å². The molecule has 1 atom stereocenters. The van der Waals surface area contributed by atoms with Crippen molar-refractivity contribution >= 4 is 16.9 Å². The van der Waals surface area contributed by atoms with Gasteiger partial charge in [0, 0.05) is 31.4 Å². The fourth-order valence-corrected chi connectivity index (χ4v) is 3.20. The Kier molecular flexibility index (Phi) is 5.13. The molecule has 0 spiro atoms. The first-order chi connectivity index (χ1) is 8.25. The van der Waals surface area contributed by atoms with Crippen molar-refractivity contribution in [2.75, 3.05) is 45.1 Å². The minimum atomic E-state index is 0.599. The van der Waals surface area contributed by atoms with Crippen LogP contribution in [0, 0.1) is 5.92 Å². The summed E-state index contributed by atoms with van der Waals surface area (Å²) in [6.07, 6.45) is 0. The summed E-state index contributed by atoms with van der Waals surface area (Å²) in [6, 6.07) is 0.599. The number of hydrogen-bond donors (Lipinski definition) is 1. The Balaban J connectivity index is 1.67. The highest BCUT2D eigenvalue weighted by atomic mass is 32.2. The van der Waals surface area contributed by atoms with E-state index in [0.29, 0.717) is 12.0 Å². The molecule has 2 aliphatic rings. The molecule has 0 aromatic heterocycles. The van der Waals surface area contributed by atoms with Crippen molar-refractivity contribution in [2.24, 2.45) is 10.9 Å². The van der Waals surface area contributed by atoms with E-state index in [1.165, 1.54) is 0 Å². The average molecular weight is 257 g/mol. The van der Waals surface area contributed by atoms with Crippen LogP contribution in [0.5, 0.6) is 0 Å². The molecule has 1 N–H and O–H groups in total. The van der Waals surface area contributed by atoms with Crippen LogP contribution < -0.4 is 5.32 Å². The number of rotatable bonds is 4. The van der Waals surface area contributed by atoms with Crippen molar-refractivity contribution in [1.29, 1.82) is 0 Å². The first kappa shape index (κ1) is 13.2. The second-order valence-corrected chi connectivity index (χ2v) is 5.96. The first-order valence-electron chi connectivity index (χ1n) is 6.49. The van der Waals surface area contributed by atoms with Gasteiger partial charge in [-0.05, 0) is 5.92 Å². The lowest BCUT2D eigenvalue weighted by Gasteiger charge is -2.25. The summed E-state index contributed by atoms with van der Waals surface area (Å²) >= 11 is 1.86. The standard InChI is InChI=1S/C12H23N3OS/c1-10(2)11-9-17-12(14-11)13-3-4-15-5-7-16-8-6-15/h10-11H,3-9H2,1-2H3,(H,13,14)/t11-/m1/s1. The summed E-state index contributed by atoms with van der Waals surface area (Å²) < 4.78 is 5.33. The van der Waals surface area contributed by atoms with Crippen molar-refractivity contribution < 1.29 is 4.74 Å². The van der Waals surface area contributed by atoms with Crippen LogP contribution >= 0.6 is 11.8 Å². The van der Waals surface area contributed by atoms with Crippen LogP contribution in [0.15, 0.2) is 4.99 Å². The molecule has 0 aromatic rings. The van der Waals surface area contributed by atoms with Gasteiger partial charge in [0.15, 0.2) is 5.17 Å². The monoisotopic (exact) mass is 257 g/mol. The van der Waals surface area contributed by atoms with Crippen LogP contribution in [0.3, 0.4) is 0 Å². The summed E-state index contributed by atoms with van der Waals surface area (Å²) in [4.78, 5) is 7.06. The largest absolute Gasteiger partial charge is 0.379 e. The fourth-order valence-electron chi connectivity index (χ4n) is 1.98. The molecule has 2 aliphatic heterocycles. The van der Waals surface area contributed by atoms with E-state index in [2.05, 4.69) is 29.1 Å². The lowest BCUT2D eigenvalue weighted by atomic mass is 10.1. The van der Waals surface area contributed by atoms with Crippen molar-refractivity contribution in [3.8, 4) is 0 Å². The maximum absolute atomic E-state index is 5.33. The van der Waals surface area contributed by atoms with Crippen LogP contribution in [0.1, 0.15) is 13.8 Å². The Labute approximate surface area is 108 Å². The van der Waals surface area contributed by atoms with Gasteiger partial charge in [0.2, 0.25) is 0 Å². The zero-order chi connectivity index (χ0) is 12.1. The summed E-state index contributed by atoms with van der Waals surface area (Å²) in [5.74, 6) is 1.85. The molecule has 2 heterocycles. The Morgan fingerprint density at radius 1 is 1.47 bits per heavy atom. The lowest BCUT2D eigenvalue weighted by Crippen LogP contribution is -2.38. The van der Waals surface area contributed by atoms with Gasteiger partial charge in [-0.2, -0.15) is 0 Å².